The summed E-state index contributed by atoms with van der Waals surface area (Å²) >= 11 is 0. The van der Waals surface area contributed by atoms with Crippen LogP contribution in [-0.2, 0) is 20.7 Å². The molecule has 0 radical (unpaired) electrons. The molecule has 0 aromatic heterocycles. The Morgan fingerprint density at radius 1 is 0.759 bits per heavy atom. The van der Waals surface area contributed by atoms with Crippen molar-refractivity contribution in [2.75, 3.05) is 6.61 Å². The highest BCUT2D eigenvalue weighted by molar-refractivity contribution is 6.00. The highest BCUT2D eigenvalue weighted by atomic mass is 16.5. The second-order valence-electron chi connectivity index (χ2n) is 6.78. The highest BCUT2D eigenvalue weighted by Crippen LogP contribution is 2.21. The van der Waals surface area contributed by atoms with Crippen molar-refractivity contribution in [1.29, 1.82) is 0 Å². The molecule has 5 nitrogen and oxygen atoms in total. The Hall–Kier alpha value is -2.95. The molecule has 0 unspecified atom stereocenters. The number of para-hydroxylation sites is 1. The molecule has 5 heteroatoms. The number of hydrogen-bond acceptors (Lipinski definition) is 5. The van der Waals surface area contributed by atoms with E-state index < -0.39 is 0 Å². The number of carbonyl (C=O) groups excluding carboxylic acids is 3. The molecule has 0 atom stereocenters. The van der Waals surface area contributed by atoms with Crippen LogP contribution in [0.1, 0.15) is 61.4 Å². The molecule has 0 aliphatic rings. The van der Waals surface area contributed by atoms with Crippen molar-refractivity contribution in [3.8, 4) is 5.75 Å². The molecule has 0 fully saturated rings. The maximum Gasteiger partial charge on any atom is 0.311 e. The van der Waals surface area contributed by atoms with Gasteiger partial charge in [-0.15, -0.1) is 0 Å². The van der Waals surface area contributed by atoms with Crippen LogP contribution in [0.15, 0.2) is 54.6 Å². The predicted octanol–water partition coefficient (Wildman–Crippen LogP) is 4.92. The largest absolute Gasteiger partial charge is 0.466 e. The van der Waals surface area contributed by atoms with E-state index >= 15 is 0 Å². The lowest BCUT2D eigenvalue weighted by atomic mass is 10.0. The van der Waals surface area contributed by atoms with Crippen LogP contribution in [0.5, 0.6) is 5.75 Å². The van der Waals surface area contributed by atoms with Crippen LogP contribution >= 0.6 is 0 Å². The Morgan fingerprint density at radius 3 is 2.07 bits per heavy atom. The molecule has 0 amide bonds. The van der Waals surface area contributed by atoms with E-state index in [9.17, 15) is 14.4 Å². The molecule has 0 aliphatic carbocycles. The zero-order valence-electron chi connectivity index (χ0n) is 16.9. The minimum Gasteiger partial charge on any atom is -0.466 e. The van der Waals surface area contributed by atoms with Gasteiger partial charge >= 0.3 is 11.9 Å². The number of esters is 2. The maximum absolute atomic E-state index is 12.6. The van der Waals surface area contributed by atoms with Crippen molar-refractivity contribution in [3.63, 3.8) is 0 Å². The Bertz CT molecular complexity index is 798. The lowest BCUT2D eigenvalue weighted by molar-refractivity contribution is -0.143. The van der Waals surface area contributed by atoms with Crippen LogP contribution in [0.2, 0.25) is 0 Å². The van der Waals surface area contributed by atoms with E-state index in [0.29, 0.717) is 30.8 Å². The Balaban J connectivity index is 1.77. The Morgan fingerprint density at radius 2 is 1.38 bits per heavy atom. The summed E-state index contributed by atoms with van der Waals surface area (Å²) in [5.74, 6) is -0.307. The van der Waals surface area contributed by atoms with Gasteiger partial charge in [0.25, 0.3) is 0 Å². The summed E-state index contributed by atoms with van der Waals surface area (Å²) in [6.45, 7) is 2.19. The molecule has 0 heterocycles. The molecular formula is C24H28O5. The minimum absolute atomic E-state index is 0.0847. The molecule has 0 spiro atoms. The third-order valence-corrected chi connectivity index (χ3v) is 4.44. The lowest BCUT2D eigenvalue weighted by Crippen LogP contribution is -2.12. The highest BCUT2D eigenvalue weighted by Gasteiger charge is 2.15. The molecule has 0 saturated heterocycles. The summed E-state index contributed by atoms with van der Waals surface area (Å²) in [6.07, 6.45) is 4.08. The van der Waals surface area contributed by atoms with Gasteiger partial charge in [0, 0.05) is 19.3 Å². The predicted molar refractivity (Wildman–Crippen MR) is 111 cm³/mol. The van der Waals surface area contributed by atoms with E-state index in [-0.39, 0.29) is 30.6 Å². The fourth-order valence-electron chi connectivity index (χ4n) is 2.96. The molecule has 0 saturated carbocycles. The van der Waals surface area contributed by atoms with Gasteiger partial charge in [0.1, 0.15) is 5.75 Å². The standard InChI is InChI=1S/C24H28O5/c1-2-28-23(26)16-8-3-4-9-17-24(27)29-22-15-11-10-14-20(22)21(25)18-19-12-6-5-7-13-19/h5-7,10-15H,2-4,8-9,16-18H2,1H3. The lowest BCUT2D eigenvalue weighted by Gasteiger charge is -2.09. The quantitative estimate of drug-likeness (QED) is 0.220. The van der Waals surface area contributed by atoms with Crippen LogP contribution in [0.3, 0.4) is 0 Å². The van der Waals surface area contributed by atoms with Crippen LogP contribution in [0.25, 0.3) is 0 Å². The van der Waals surface area contributed by atoms with Gasteiger partial charge in [-0.3, -0.25) is 14.4 Å². The summed E-state index contributed by atoms with van der Waals surface area (Å²) in [4.78, 5) is 36.1. The molecule has 154 valence electrons. The first-order valence-corrected chi connectivity index (χ1v) is 10.1. The van der Waals surface area contributed by atoms with Crippen LogP contribution in [0, 0.1) is 0 Å². The summed E-state index contributed by atoms with van der Waals surface area (Å²) in [6, 6.07) is 16.3. The maximum atomic E-state index is 12.6. The van der Waals surface area contributed by atoms with Crippen molar-refractivity contribution >= 4 is 17.7 Å². The topological polar surface area (TPSA) is 69.7 Å². The first-order valence-electron chi connectivity index (χ1n) is 10.1. The van der Waals surface area contributed by atoms with Crippen molar-refractivity contribution in [2.45, 2.75) is 51.9 Å². The monoisotopic (exact) mass is 396 g/mol. The van der Waals surface area contributed by atoms with E-state index in [2.05, 4.69) is 0 Å². The average Bonchev–Trinajstić information content (AvgIpc) is 2.72. The summed E-state index contributed by atoms with van der Waals surface area (Å²) in [7, 11) is 0. The third-order valence-electron chi connectivity index (χ3n) is 4.44. The van der Waals surface area contributed by atoms with Gasteiger partial charge in [-0.2, -0.15) is 0 Å². The smallest absolute Gasteiger partial charge is 0.311 e. The SMILES string of the molecule is CCOC(=O)CCCCCCC(=O)Oc1ccccc1C(=O)Cc1ccccc1. The van der Waals surface area contributed by atoms with Crippen LogP contribution < -0.4 is 4.74 Å². The summed E-state index contributed by atoms with van der Waals surface area (Å²) in [5, 5.41) is 0. The molecule has 2 rings (SSSR count). The molecule has 2 aromatic rings. The number of benzene rings is 2. The van der Waals surface area contributed by atoms with Gasteiger partial charge < -0.3 is 9.47 Å². The van der Waals surface area contributed by atoms with Crippen molar-refractivity contribution in [3.05, 3.63) is 65.7 Å². The number of unbranched alkanes of at least 4 members (excludes halogenated alkanes) is 3. The van der Waals surface area contributed by atoms with E-state index in [1.165, 1.54) is 0 Å². The normalized spacial score (nSPS) is 10.4. The number of hydrogen-bond donors (Lipinski definition) is 0. The number of Topliss-reactive ketones (excluding diaryl/α,β-unsaturated/α-hetero) is 1. The van der Waals surface area contributed by atoms with Crippen LogP contribution in [-0.4, -0.2) is 24.3 Å². The number of carbonyl (C=O) groups is 3. The first kappa shape index (κ1) is 22.3. The zero-order chi connectivity index (χ0) is 20.9. The second kappa shape index (κ2) is 12.5. The van der Waals surface area contributed by atoms with Gasteiger partial charge in [0.2, 0.25) is 0 Å². The summed E-state index contributed by atoms with van der Waals surface area (Å²) < 4.78 is 10.3. The minimum atomic E-state index is -0.352. The van der Waals surface area contributed by atoms with Gasteiger partial charge in [0.15, 0.2) is 5.78 Å². The van der Waals surface area contributed by atoms with Crippen molar-refractivity contribution in [1.82, 2.24) is 0 Å². The Kier molecular flexibility index (Phi) is 9.63. The van der Waals surface area contributed by atoms with E-state index in [4.69, 9.17) is 9.47 Å². The van der Waals surface area contributed by atoms with Gasteiger partial charge in [-0.05, 0) is 37.5 Å². The third kappa shape index (κ3) is 8.30. The molecular weight excluding hydrogens is 368 g/mol. The zero-order valence-corrected chi connectivity index (χ0v) is 16.9. The summed E-state index contributed by atoms with van der Waals surface area (Å²) in [5.41, 5.74) is 1.33. The number of ether oxygens (including phenoxy) is 2. The fourth-order valence-corrected chi connectivity index (χ4v) is 2.96. The number of ketones is 1. The van der Waals surface area contributed by atoms with Gasteiger partial charge in [-0.1, -0.05) is 55.3 Å². The first-order chi connectivity index (χ1) is 14.1. The fraction of sp³-hybridized carbons (Fsp3) is 0.375. The van der Waals surface area contributed by atoms with E-state index in [1.54, 1.807) is 31.2 Å². The molecule has 0 bridgehead atoms. The second-order valence-corrected chi connectivity index (χ2v) is 6.78. The van der Waals surface area contributed by atoms with Gasteiger partial charge in [-0.25, -0.2) is 0 Å². The van der Waals surface area contributed by atoms with E-state index in [0.717, 1.165) is 24.8 Å². The van der Waals surface area contributed by atoms with E-state index in [1.807, 2.05) is 30.3 Å². The Labute approximate surface area is 172 Å². The molecule has 0 aliphatic heterocycles. The average molecular weight is 396 g/mol. The molecule has 2 aromatic carbocycles. The van der Waals surface area contributed by atoms with Crippen LogP contribution in [0.4, 0.5) is 0 Å². The number of rotatable bonds is 12. The van der Waals surface area contributed by atoms with Crippen molar-refractivity contribution in [2.24, 2.45) is 0 Å². The van der Waals surface area contributed by atoms with Gasteiger partial charge in [0.05, 0.1) is 12.2 Å². The molecule has 29 heavy (non-hydrogen) atoms. The molecule has 0 N–H and O–H groups in total. The van der Waals surface area contributed by atoms with Crippen molar-refractivity contribution < 1.29 is 23.9 Å².